The van der Waals surface area contributed by atoms with E-state index in [0.29, 0.717) is 6.42 Å². The standard InChI is InChI=1S/C12H23N3O2S2/c1-3-6-13-7-4-5-10-19(16,17)15-11(2)12-14-8-9-18-12/h8-9,11,13,15H,3-7,10H2,1-2H3. The van der Waals surface area contributed by atoms with Gasteiger partial charge in [0.2, 0.25) is 10.0 Å². The molecule has 1 atom stereocenters. The Bertz CT molecular complexity index is 432. The van der Waals surface area contributed by atoms with Crippen LogP contribution < -0.4 is 10.0 Å². The molecule has 0 saturated carbocycles. The highest BCUT2D eigenvalue weighted by Gasteiger charge is 2.16. The van der Waals surface area contributed by atoms with E-state index < -0.39 is 10.0 Å². The molecule has 1 aromatic rings. The van der Waals surface area contributed by atoms with E-state index in [1.807, 2.05) is 12.3 Å². The maximum atomic E-state index is 11.9. The van der Waals surface area contributed by atoms with Crippen LogP contribution in [-0.2, 0) is 10.0 Å². The molecule has 1 rings (SSSR count). The van der Waals surface area contributed by atoms with Crippen LogP contribution in [0.5, 0.6) is 0 Å². The molecule has 0 aliphatic carbocycles. The van der Waals surface area contributed by atoms with Crippen molar-refractivity contribution in [1.29, 1.82) is 0 Å². The maximum Gasteiger partial charge on any atom is 0.212 e. The molecule has 2 N–H and O–H groups in total. The van der Waals surface area contributed by atoms with Crippen molar-refractivity contribution in [2.75, 3.05) is 18.8 Å². The smallest absolute Gasteiger partial charge is 0.212 e. The molecule has 110 valence electrons. The Balaban J connectivity index is 2.24. The molecule has 0 spiro atoms. The third kappa shape index (κ3) is 7.00. The summed E-state index contributed by atoms with van der Waals surface area (Å²) in [7, 11) is -3.21. The van der Waals surface area contributed by atoms with Gasteiger partial charge in [-0.05, 0) is 39.3 Å². The molecule has 1 aromatic heterocycles. The molecule has 19 heavy (non-hydrogen) atoms. The molecule has 0 fully saturated rings. The summed E-state index contributed by atoms with van der Waals surface area (Å²) in [6.07, 6.45) is 4.35. The van der Waals surface area contributed by atoms with Crippen LogP contribution >= 0.6 is 11.3 Å². The van der Waals surface area contributed by atoms with Crippen LogP contribution in [0.2, 0.25) is 0 Å². The number of thiazole rings is 1. The first-order valence-corrected chi connectivity index (χ1v) is 9.18. The van der Waals surface area contributed by atoms with E-state index >= 15 is 0 Å². The van der Waals surface area contributed by atoms with Crippen LogP contribution in [0.3, 0.4) is 0 Å². The van der Waals surface area contributed by atoms with Gasteiger partial charge in [0.15, 0.2) is 0 Å². The van der Waals surface area contributed by atoms with Crippen molar-refractivity contribution < 1.29 is 8.42 Å². The fraction of sp³-hybridized carbons (Fsp3) is 0.750. The van der Waals surface area contributed by atoms with Gasteiger partial charge in [-0.1, -0.05) is 6.92 Å². The van der Waals surface area contributed by atoms with E-state index in [1.54, 1.807) is 6.20 Å². The summed E-state index contributed by atoms with van der Waals surface area (Å²) in [5.74, 6) is 0.177. The molecule has 1 unspecified atom stereocenters. The van der Waals surface area contributed by atoms with Gasteiger partial charge < -0.3 is 5.32 Å². The molecular weight excluding hydrogens is 282 g/mol. The fourth-order valence-electron chi connectivity index (χ4n) is 1.67. The second kappa shape index (κ2) is 8.63. The van der Waals surface area contributed by atoms with E-state index in [-0.39, 0.29) is 11.8 Å². The summed E-state index contributed by atoms with van der Waals surface area (Å²) in [6, 6.07) is -0.247. The highest BCUT2D eigenvalue weighted by Crippen LogP contribution is 2.15. The molecule has 0 bridgehead atoms. The Morgan fingerprint density at radius 3 is 2.79 bits per heavy atom. The van der Waals surface area contributed by atoms with Crippen molar-refractivity contribution in [1.82, 2.24) is 15.0 Å². The third-order valence-electron chi connectivity index (χ3n) is 2.62. The average molecular weight is 305 g/mol. The summed E-state index contributed by atoms with van der Waals surface area (Å²) in [5, 5.41) is 5.91. The van der Waals surface area contributed by atoms with Gasteiger partial charge in [0.25, 0.3) is 0 Å². The second-order valence-corrected chi connectivity index (χ2v) is 7.29. The lowest BCUT2D eigenvalue weighted by atomic mass is 10.3. The monoisotopic (exact) mass is 305 g/mol. The quantitative estimate of drug-likeness (QED) is 0.648. The van der Waals surface area contributed by atoms with Gasteiger partial charge in [-0.25, -0.2) is 18.1 Å². The van der Waals surface area contributed by atoms with E-state index in [2.05, 4.69) is 21.9 Å². The van der Waals surface area contributed by atoms with E-state index in [4.69, 9.17) is 0 Å². The summed E-state index contributed by atoms with van der Waals surface area (Å²) >= 11 is 1.46. The Labute approximate surface area is 119 Å². The Hall–Kier alpha value is -0.500. The second-order valence-electron chi connectivity index (χ2n) is 4.49. The zero-order valence-electron chi connectivity index (χ0n) is 11.6. The first-order chi connectivity index (χ1) is 9.05. The minimum Gasteiger partial charge on any atom is -0.317 e. The molecule has 0 aliphatic rings. The summed E-state index contributed by atoms with van der Waals surface area (Å²) in [5.41, 5.74) is 0. The Morgan fingerprint density at radius 1 is 1.37 bits per heavy atom. The first-order valence-electron chi connectivity index (χ1n) is 6.65. The van der Waals surface area contributed by atoms with Crippen LogP contribution in [0.4, 0.5) is 0 Å². The Morgan fingerprint density at radius 2 is 2.16 bits per heavy atom. The molecule has 0 saturated heterocycles. The predicted octanol–water partition coefficient (Wildman–Crippen LogP) is 1.90. The SMILES string of the molecule is CCCNCCCCS(=O)(=O)NC(C)c1nccs1. The lowest BCUT2D eigenvalue weighted by Crippen LogP contribution is -2.29. The fourth-order valence-corrected chi connectivity index (χ4v) is 3.74. The normalized spacial score (nSPS) is 13.6. The molecule has 0 aliphatic heterocycles. The van der Waals surface area contributed by atoms with Crippen molar-refractivity contribution in [2.45, 2.75) is 39.2 Å². The van der Waals surface area contributed by atoms with Crippen molar-refractivity contribution in [3.8, 4) is 0 Å². The van der Waals surface area contributed by atoms with Crippen LogP contribution in [0.15, 0.2) is 11.6 Å². The number of hydrogen-bond donors (Lipinski definition) is 2. The van der Waals surface area contributed by atoms with Gasteiger partial charge in [-0.15, -0.1) is 11.3 Å². The molecule has 7 heteroatoms. The molecule has 0 amide bonds. The molecule has 1 heterocycles. The first kappa shape index (κ1) is 16.6. The van der Waals surface area contributed by atoms with Crippen molar-refractivity contribution in [3.63, 3.8) is 0 Å². The van der Waals surface area contributed by atoms with Crippen molar-refractivity contribution in [2.24, 2.45) is 0 Å². The van der Waals surface area contributed by atoms with E-state index in [9.17, 15) is 8.42 Å². The van der Waals surface area contributed by atoms with E-state index in [0.717, 1.165) is 30.9 Å². The Kier molecular flexibility index (Phi) is 7.52. The summed E-state index contributed by atoms with van der Waals surface area (Å²) in [6.45, 7) is 5.80. The lowest BCUT2D eigenvalue weighted by molar-refractivity contribution is 0.559. The van der Waals surface area contributed by atoms with Crippen molar-refractivity contribution >= 4 is 21.4 Å². The zero-order chi connectivity index (χ0) is 14.1. The number of nitrogens with zero attached hydrogens (tertiary/aromatic N) is 1. The highest BCUT2D eigenvalue weighted by atomic mass is 32.2. The largest absolute Gasteiger partial charge is 0.317 e. The van der Waals surface area contributed by atoms with E-state index in [1.165, 1.54) is 11.3 Å². The number of aromatic nitrogens is 1. The van der Waals surface area contributed by atoms with Crippen LogP contribution in [0.1, 0.15) is 44.2 Å². The predicted molar refractivity (Wildman–Crippen MR) is 79.8 cm³/mol. The number of sulfonamides is 1. The third-order valence-corrected chi connectivity index (χ3v) is 5.12. The number of unbranched alkanes of at least 4 members (excludes halogenated alkanes) is 1. The molecule has 5 nitrogen and oxygen atoms in total. The minimum absolute atomic E-state index is 0.177. The topological polar surface area (TPSA) is 71.1 Å². The van der Waals surface area contributed by atoms with Gasteiger partial charge in [0.1, 0.15) is 5.01 Å². The van der Waals surface area contributed by atoms with Gasteiger partial charge in [-0.3, -0.25) is 0 Å². The van der Waals surface area contributed by atoms with Gasteiger partial charge >= 0.3 is 0 Å². The van der Waals surface area contributed by atoms with Crippen LogP contribution in [0, 0.1) is 0 Å². The zero-order valence-corrected chi connectivity index (χ0v) is 13.2. The van der Waals surface area contributed by atoms with Crippen LogP contribution in [-0.4, -0.2) is 32.2 Å². The molecule has 0 aromatic carbocycles. The van der Waals surface area contributed by atoms with Gasteiger partial charge in [0, 0.05) is 11.6 Å². The van der Waals surface area contributed by atoms with Gasteiger partial charge in [0.05, 0.1) is 11.8 Å². The lowest BCUT2D eigenvalue weighted by Gasteiger charge is -2.11. The number of hydrogen-bond acceptors (Lipinski definition) is 5. The van der Waals surface area contributed by atoms with Crippen molar-refractivity contribution in [3.05, 3.63) is 16.6 Å². The summed E-state index contributed by atoms with van der Waals surface area (Å²) < 4.78 is 26.4. The highest BCUT2D eigenvalue weighted by molar-refractivity contribution is 7.89. The summed E-state index contributed by atoms with van der Waals surface area (Å²) in [4.78, 5) is 4.11. The number of rotatable bonds is 10. The minimum atomic E-state index is -3.21. The average Bonchev–Trinajstić information content (AvgIpc) is 2.87. The maximum absolute atomic E-state index is 11.9. The number of nitrogens with one attached hydrogen (secondary N) is 2. The van der Waals surface area contributed by atoms with Crippen LogP contribution in [0.25, 0.3) is 0 Å². The molecule has 0 radical (unpaired) electrons. The molecular formula is C12H23N3O2S2. The van der Waals surface area contributed by atoms with Gasteiger partial charge in [-0.2, -0.15) is 0 Å².